The fourth-order valence-corrected chi connectivity index (χ4v) is 3.51. The lowest BCUT2D eigenvalue weighted by molar-refractivity contribution is -0.430. The number of hydrogen-bond donors (Lipinski definition) is 0. The van der Waals surface area contributed by atoms with Gasteiger partial charge in [-0.1, -0.05) is 29.3 Å². The van der Waals surface area contributed by atoms with Gasteiger partial charge in [-0.25, -0.2) is 18.8 Å². The quantitative estimate of drug-likeness (QED) is 0.481. The average molecular weight is 510 g/mol. The Morgan fingerprint density at radius 3 is 2.56 bits per heavy atom. The van der Waals surface area contributed by atoms with Crippen molar-refractivity contribution in [3.8, 4) is 0 Å². The highest BCUT2D eigenvalue weighted by Crippen LogP contribution is 2.42. The van der Waals surface area contributed by atoms with E-state index in [1.54, 1.807) is 0 Å². The Morgan fingerprint density at radius 1 is 1.25 bits per heavy atom. The third kappa shape index (κ3) is 5.83. The molecule has 0 saturated carbocycles. The predicted molar refractivity (Wildman–Crippen MR) is 96.5 cm³/mol. The van der Waals surface area contributed by atoms with Gasteiger partial charge in [-0.15, -0.1) is 13.2 Å². The van der Waals surface area contributed by atoms with E-state index in [-0.39, 0.29) is 23.7 Å². The molecule has 2 aromatic rings. The lowest BCUT2D eigenvalue weighted by Gasteiger charge is -2.31. The second kappa shape index (κ2) is 9.31. The molecule has 1 aliphatic rings. The first-order valence-electron chi connectivity index (χ1n) is 8.85. The average Bonchev–Trinajstić information content (AvgIpc) is 3.31. The maximum absolute atomic E-state index is 13.8. The Morgan fingerprint density at radius 2 is 1.97 bits per heavy atom. The molecule has 4 atom stereocenters. The van der Waals surface area contributed by atoms with Crippen LogP contribution in [-0.2, 0) is 31.3 Å². The van der Waals surface area contributed by atoms with E-state index in [1.165, 1.54) is 35.5 Å². The van der Waals surface area contributed by atoms with Crippen molar-refractivity contribution in [1.82, 2.24) is 14.8 Å². The van der Waals surface area contributed by atoms with Crippen LogP contribution in [0.2, 0.25) is 10.0 Å². The Labute approximate surface area is 187 Å². The van der Waals surface area contributed by atoms with E-state index in [4.69, 9.17) is 32.7 Å². The molecule has 7 nitrogen and oxygen atoms in total. The van der Waals surface area contributed by atoms with Crippen LogP contribution in [0.1, 0.15) is 12.5 Å². The first kappa shape index (κ1) is 25.0. The standard InChI is InChI=1S/C17H15Cl2F6N3O4/c1-9(30-16(21,22)14(20)32-17(23,24)25)13-5-29-15(31-13,6-28-8-26-7-27-28)11-3-2-10(18)4-12(11)19/h2-4,7-9,13-14H,5-6H2,1H3. The molecule has 1 saturated heterocycles. The van der Waals surface area contributed by atoms with E-state index in [0.717, 1.165) is 6.92 Å². The molecule has 1 aliphatic heterocycles. The third-order valence-electron chi connectivity index (χ3n) is 4.37. The minimum atomic E-state index is -5.62. The summed E-state index contributed by atoms with van der Waals surface area (Å²) in [5, 5.41) is 4.37. The van der Waals surface area contributed by atoms with Crippen LogP contribution in [-0.4, -0.2) is 52.4 Å². The van der Waals surface area contributed by atoms with Crippen LogP contribution in [0.4, 0.5) is 26.3 Å². The van der Waals surface area contributed by atoms with Gasteiger partial charge in [0.05, 0.1) is 17.7 Å². The van der Waals surface area contributed by atoms with E-state index in [0.29, 0.717) is 5.02 Å². The van der Waals surface area contributed by atoms with Gasteiger partial charge in [0.1, 0.15) is 25.3 Å². The predicted octanol–water partition coefficient (Wildman–Crippen LogP) is 4.68. The third-order valence-corrected chi connectivity index (χ3v) is 4.92. The largest absolute Gasteiger partial charge is 0.525 e. The highest BCUT2D eigenvalue weighted by Gasteiger charge is 2.53. The van der Waals surface area contributed by atoms with Gasteiger partial charge in [0, 0.05) is 10.6 Å². The van der Waals surface area contributed by atoms with E-state index in [9.17, 15) is 26.3 Å². The Hall–Kier alpha value is -1.64. The lowest BCUT2D eigenvalue weighted by Crippen LogP contribution is -2.44. The summed E-state index contributed by atoms with van der Waals surface area (Å²) in [5.74, 6) is -1.66. The van der Waals surface area contributed by atoms with Crippen molar-refractivity contribution in [3.05, 3.63) is 46.5 Å². The van der Waals surface area contributed by atoms with Gasteiger partial charge < -0.3 is 14.2 Å². The van der Waals surface area contributed by atoms with E-state index < -0.39 is 36.8 Å². The number of aromatic nitrogens is 3. The van der Waals surface area contributed by atoms with Crippen molar-refractivity contribution in [2.45, 2.75) is 50.3 Å². The molecule has 0 aliphatic carbocycles. The zero-order chi connectivity index (χ0) is 23.7. The number of ether oxygens (including phenoxy) is 4. The molecular formula is C17H15Cl2F6N3O4. The summed E-state index contributed by atoms with van der Waals surface area (Å²) in [6, 6.07) is 4.37. The molecule has 0 radical (unpaired) electrons. The van der Waals surface area contributed by atoms with Gasteiger partial charge in [-0.05, 0) is 19.1 Å². The van der Waals surface area contributed by atoms with Crippen LogP contribution in [0, 0.1) is 0 Å². The molecule has 0 bridgehead atoms. The molecule has 0 spiro atoms. The summed E-state index contributed by atoms with van der Waals surface area (Å²) in [6.45, 7) is 0.579. The van der Waals surface area contributed by atoms with E-state index >= 15 is 0 Å². The van der Waals surface area contributed by atoms with Gasteiger partial charge >= 0.3 is 12.5 Å². The first-order chi connectivity index (χ1) is 14.8. The summed E-state index contributed by atoms with van der Waals surface area (Å²) >= 11 is 12.2. The van der Waals surface area contributed by atoms with Gasteiger partial charge in [-0.2, -0.15) is 13.9 Å². The van der Waals surface area contributed by atoms with Crippen molar-refractivity contribution in [3.63, 3.8) is 0 Å². The van der Waals surface area contributed by atoms with Gasteiger partial charge in [0.15, 0.2) is 0 Å². The topological polar surface area (TPSA) is 67.6 Å². The fraction of sp³-hybridized carbons (Fsp3) is 0.529. The van der Waals surface area contributed by atoms with Crippen LogP contribution in [0.25, 0.3) is 0 Å². The molecule has 4 unspecified atom stereocenters. The van der Waals surface area contributed by atoms with Gasteiger partial charge in [0.25, 0.3) is 6.36 Å². The van der Waals surface area contributed by atoms with Crippen molar-refractivity contribution in [1.29, 1.82) is 0 Å². The summed E-state index contributed by atoms with van der Waals surface area (Å²) < 4.78 is 97.0. The van der Waals surface area contributed by atoms with Crippen LogP contribution in [0.3, 0.4) is 0 Å². The molecule has 15 heteroatoms. The molecule has 2 heterocycles. The maximum atomic E-state index is 13.8. The van der Waals surface area contributed by atoms with Crippen molar-refractivity contribution in [2.24, 2.45) is 0 Å². The zero-order valence-electron chi connectivity index (χ0n) is 16.0. The number of rotatable bonds is 8. The molecule has 178 valence electrons. The minimum absolute atomic E-state index is 0.125. The monoisotopic (exact) mass is 509 g/mol. The highest BCUT2D eigenvalue weighted by atomic mass is 35.5. The molecule has 0 amide bonds. The summed E-state index contributed by atoms with van der Waals surface area (Å²) in [7, 11) is 0. The van der Waals surface area contributed by atoms with Crippen LogP contribution >= 0.6 is 23.2 Å². The molecule has 3 rings (SSSR count). The van der Waals surface area contributed by atoms with Crippen molar-refractivity contribution >= 4 is 23.2 Å². The number of benzene rings is 1. The second-order valence-corrected chi connectivity index (χ2v) is 7.55. The fourth-order valence-electron chi connectivity index (χ4n) is 2.96. The highest BCUT2D eigenvalue weighted by molar-refractivity contribution is 6.35. The molecule has 1 aromatic heterocycles. The first-order valence-corrected chi connectivity index (χ1v) is 9.61. The van der Waals surface area contributed by atoms with Gasteiger partial charge in [-0.3, -0.25) is 0 Å². The summed E-state index contributed by atoms with van der Waals surface area (Å²) in [4.78, 5) is 3.79. The Bertz CT molecular complexity index is 920. The molecule has 1 aromatic carbocycles. The second-order valence-electron chi connectivity index (χ2n) is 6.70. The zero-order valence-corrected chi connectivity index (χ0v) is 17.5. The molecule has 1 fully saturated rings. The van der Waals surface area contributed by atoms with E-state index in [2.05, 4.69) is 19.6 Å². The molecule has 32 heavy (non-hydrogen) atoms. The summed E-state index contributed by atoms with van der Waals surface area (Å²) in [5.41, 5.74) is 0.268. The molecular weight excluding hydrogens is 495 g/mol. The normalized spacial score (nSPS) is 24.0. The van der Waals surface area contributed by atoms with Crippen LogP contribution < -0.4 is 0 Å². The number of halogens is 8. The maximum Gasteiger partial charge on any atom is 0.525 e. The smallest absolute Gasteiger partial charge is 0.342 e. The number of hydrogen-bond acceptors (Lipinski definition) is 6. The Kier molecular flexibility index (Phi) is 7.27. The summed E-state index contributed by atoms with van der Waals surface area (Å²) in [6.07, 6.45) is -14.9. The van der Waals surface area contributed by atoms with Crippen molar-refractivity contribution in [2.75, 3.05) is 6.61 Å². The minimum Gasteiger partial charge on any atom is -0.342 e. The number of alkyl halides is 6. The van der Waals surface area contributed by atoms with Crippen LogP contribution in [0.15, 0.2) is 30.9 Å². The lowest BCUT2D eigenvalue weighted by atomic mass is 10.1. The van der Waals surface area contributed by atoms with Crippen LogP contribution in [0.5, 0.6) is 0 Å². The van der Waals surface area contributed by atoms with Crippen molar-refractivity contribution < 1.29 is 45.3 Å². The van der Waals surface area contributed by atoms with E-state index in [1.807, 2.05) is 0 Å². The number of nitrogens with zero attached hydrogens (tertiary/aromatic N) is 3. The SMILES string of the molecule is CC(OC(F)(F)C(F)OC(F)(F)F)C1COC(Cn2cncn2)(c2ccc(Cl)cc2Cl)O1. The van der Waals surface area contributed by atoms with Gasteiger partial charge in [0.2, 0.25) is 5.79 Å². The Balaban J connectivity index is 1.80. The molecule has 0 N–H and O–H groups in total.